The number of hydrogen-bond donors (Lipinski definition) is 1. The molecule has 0 aromatic carbocycles. The topological polar surface area (TPSA) is 20.2 Å². The Bertz CT molecular complexity index is 275. The number of aliphatic hydroxyl groups excluding tert-OH is 1. The van der Waals surface area contributed by atoms with Crippen LogP contribution >= 0.6 is 11.3 Å². The maximum absolute atomic E-state index is 9.94. The summed E-state index contributed by atoms with van der Waals surface area (Å²) in [7, 11) is 0. The van der Waals surface area contributed by atoms with Gasteiger partial charge in [-0.15, -0.1) is 11.3 Å². The van der Waals surface area contributed by atoms with Crippen LogP contribution in [0.15, 0.2) is 11.4 Å². The van der Waals surface area contributed by atoms with Crippen molar-refractivity contribution in [3.63, 3.8) is 0 Å². The molecule has 2 rings (SSSR count). The van der Waals surface area contributed by atoms with Crippen molar-refractivity contribution in [2.45, 2.75) is 38.7 Å². The predicted octanol–water partition coefficient (Wildman–Crippen LogP) is 3.28. The highest BCUT2D eigenvalue weighted by Crippen LogP contribution is 2.36. The molecule has 1 atom stereocenters. The highest BCUT2D eigenvalue weighted by Gasteiger charge is 2.22. The van der Waals surface area contributed by atoms with E-state index in [4.69, 9.17) is 0 Å². The molecule has 1 aromatic heterocycles. The zero-order valence-electron chi connectivity index (χ0n) is 7.99. The van der Waals surface area contributed by atoms with Crippen LogP contribution in [-0.4, -0.2) is 5.11 Å². The van der Waals surface area contributed by atoms with Gasteiger partial charge in [-0.1, -0.05) is 19.3 Å². The number of aliphatic hydroxyl groups is 1. The standard InChI is InChI=1S/C11H16OS/c1-8-5-6-13-11(8)10(12)7-9-3-2-4-9/h5-6,9-10,12H,2-4,7H2,1H3. The molecule has 2 heteroatoms. The smallest absolute Gasteiger partial charge is 0.0887 e. The molecule has 1 fully saturated rings. The highest BCUT2D eigenvalue weighted by molar-refractivity contribution is 7.10. The van der Waals surface area contributed by atoms with Crippen LogP contribution in [0.1, 0.15) is 42.2 Å². The molecule has 1 nitrogen and oxygen atoms in total. The van der Waals surface area contributed by atoms with Crippen LogP contribution in [0, 0.1) is 12.8 Å². The van der Waals surface area contributed by atoms with E-state index in [1.165, 1.54) is 29.7 Å². The van der Waals surface area contributed by atoms with E-state index >= 15 is 0 Å². The van der Waals surface area contributed by atoms with Gasteiger partial charge in [0.15, 0.2) is 0 Å². The van der Waals surface area contributed by atoms with Crippen LogP contribution < -0.4 is 0 Å². The Morgan fingerprint density at radius 3 is 2.85 bits per heavy atom. The van der Waals surface area contributed by atoms with Crippen LogP contribution in [0.4, 0.5) is 0 Å². The minimum atomic E-state index is -0.203. The summed E-state index contributed by atoms with van der Waals surface area (Å²) in [6.07, 6.45) is 4.77. The molecule has 1 aliphatic rings. The monoisotopic (exact) mass is 196 g/mol. The normalized spacial score (nSPS) is 19.8. The minimum absolute atomic E-state index is 0.203. The van der Waals surface area contributed by atoms with Gasteiger partial charge in [0.1, 0.15) is 0 Å². The van der Waals surface area contributed by atoms with Crippen LogP contribution in [0.2, 0.25) is 0 Å². The molecule has 72 valence electrons. The lowest BCUT2D eigenvalue weighted by molar-refractivity contribution is 0.121. The van der Waals surface area contributed by atoms with E-state index in [2.05, 4.69) is 18.4 Å². The van der Waals surface area contributed by atoms with E-state index in [-0.39, 0.29) is 6.10 Å². The van der Waals surface area contributed by atoms with Crippen molar-refractivity contribution < 1.29 is 5.11 Å². The largest absolute Gasteiger partial charge is 0.388 e. The fourth-order valence-electron chi connectivity index (χ4n) is 1.88. The summed E-state index contributed by atoms with van der Waals surface area (Å²) < 4.78 is 0. The van der Waals surface area contributed by atoms with Crippen LogP contribution in [-0.2, 0) is 0 Å². The lowest BCUT2D eigenvalue weighted by Gasteiger charge is -2.27. The number of hydrogen-bond acceptors (Lipinski definition) is 2. The molecule has 0 aliphatic heterocycles. The molecule has 0 radical (unpaired) electrons. The Kier molecular flexibility index (Phi) is 2.70. The zero-order chi connectivity index (χ0) is 9.26. The average molecular weight is 196 g/mol. The van der Waals surface area contributed by atoms with Crippen molar-refractivity contribution in [1.29, 1.82) is 0 Å². The van der Waals surface area contributed by atoms with E-state index in [0.717, 1.165) is 12.3 Å². The lowest BCUT2D eigenvalue weighted by atomic mass is 9.81. The van der Waals surface area contributed by atoms with Crippen LogP contribution in [0.25, 0.3) is 0 Å². The molecule has 1 aliphatic carbocycles. The Morgan fingerprint density at radius 2 is 2.38 bits per heavy atom. The predicted molar refractivity (Wildman–Crippen MR) is 56.0 cm³/mol. The Hall–Kier alpha value is -0.340. The van der Waals surface area contributed by atoms with E-state index < -0.39 is 0 Å². The molecule has 0 saturated heterocycles. The summed E-state index contributed by atoms with van der Waals surface area (Å²) in [5, 5.41) is 12.0. The fraction of sp³-hybridized carbons (Fsp3) is 0.636. The zero-order valence-corrected chi connectivity index (χ0v) is 8.81. The van der Waals surface area contributed by atoms with Gasteiger partial charge in [0, 0.05) is 4.88 Å². The highest BCUT2D eigenvalue weighted by atomic mass is 32.1. The van der Waals surface area contributed by atoms with Gasteiger partial charge < -0.3 is 5.11 Å². The second-order valence-corrected chi connectivity index (χ2v) is 4.96. The Morgan fingerprint density at radius 1 is 1.62 bits per heavy atom. The summed E-state index contributed by atoms with van der Waals surface area (Å²) in [5.41, 5.74) is 1.25. The second kappa shape index (κ2) is 3.81. The van der Waals surface area contributed by atoms with Crippen molar-refractivity contribution in [1.82, 2.24) is 0 Å². The second-order valence-electron chi connectivity index (χ2n) is 4.02. The molecule has 0 spiro atoms. The third-order valence-electron chi connectivity index (χ3n) is 2.99. The molecule has 1 heterocycles. The molecule has 1 saturated carbocycles. The van der Waals surface area contributed by atoms with Gasteiger partial charge in [-0.25, -0.2) is 0 Å². The van der Waals surface area contributed by atoms with Gasteiger partial charge in [0.05, 0.1) is 6.10 Å². The molecule has 1 unspecified atom stereocenters. The lowest BCUT2D eigenvalue weighted by Crippen LogP contribution is -2.14. The first kappa shape index (κ1) is 9.22. The van der Waals surface area contributed by atoms with Gasteiger partial charge in [0.25, 0.3) is 0 Å². The summed E-state index contributed by atoms with van der Waals surface area (Å²) >= 11 is 1.68. The van der Waals surface area contributed by atoms with Crippen molar-refractivity contribution in [2.24, 2.45) is 5.92 Å². The molecule has 0 amide bonds. The summed E-state index contributed by atoms with van der Waals surface area (Å²) in [6, 6.07) is 2.09. The van der Waals surface area contributed by atoms with Crippen molar-refractivity contribution >= 4 is 11.3 Å². The molecule has 1 N–H and O–H groups in total. The van der Waals surface area contributed by atoms with Crippen molar-refractivity contribution in [2.75, 3.05) is 0 Å². The van der Waals surface area contributed by atoms with E-state index in [9.17, 15) is 5.11 Å². The van der Waals surface area contributed by atoms with Gasteiger partial charge >= 0.3 is 0 Å². The van der Waals surface area contributed by atoms with Gasteiger partial charge in [-0.2, -0.15) is 0 Å². The SMILES string of the molecule is Cc1ccsc1C(O)CC1CCC1. The summed E-state index contributed by atoms with van der Waals surface area (Å²) in [4.78, 5) is 1.17. The van der Waals surface area contributed by atoms with Gasteiger partial charge in [-0.05, 0) is 36.3 Å². The maximum Gasteiger partial charge on any atom is 0.0887 e. The molecule has 13 heavy (non-hydrogen) atoms. The summed E-state index contributed by atoms with van der Waals surface area (Å²) in [6.45, 7) is 2.08. The first-order valence-corrected chi connectivity index (χ1v) is 5.87. The summed E-state index contributed by atoms with van der Waals surface area (Å²) in [5.74, 6) is 0.788. The van der Waals surface area contributed by atoms with Gasteiger partial charge in [-0.3, -0.25) is 0 Å². The van der Waals surface area contributed by atoms with Crippen LogP contribution in [0.3, 0.4) is 0 Å². The third-order valence-corrected chi connectivity index (χ3v) is 4.11. The first-order valence-electron chi connectivity index (χ1n) is 4.99. The molecular formula is C11H16OS. The minimum Gasteiger partial charge on any atom is -0.388 e. The average Bonchev–Trinajstić information content (AvgIpc) is 2.43. The van der Waals surface area contributed by atoms with Gasteiger partial charge in [0.2, 0.25) is 0 Å². The first-order chi connectivity index (χ1) is 6.27. The molecule has 1 aromatic rings. The molecular weight excluding hydrogens is 180 g/mol. The Labute approximate surface area is 83.4 Å². The Balaban J connectivity index is 1.96. The van der Waals surface area contributed by atoms with Crippen molar-refractivity contribution in [3.05, 3.63) is 21.9 Å². The van der Waals surface area contributed by atoms with E-state index in [1.807, 2.05) is 0 Å². The van der Waals surface area contributed by atoms with Crippen LogP contribution in [0.5, 0.6) is 0 Å². The molecule has 0 bridgehead atoms. The fourth-order valence-corrected chi connectivity index (χ4v) is 2.80. The van der Waals surface area contributed by atoms with E-state index in [1.54, 1.807) is 11.3 Å². The van der Waals surface area contributed by atoms with Crippen molar-refractivity contribution in [3.8, 4) is 0 Å². The maximum atomic E-state index is 9.94. The van der Waals surface area contributed by atoms with E-state index in [0.29, 0.717) is 0 Å². The third kappa shape index (κ3) is 1.94. The number of aryl methyl sites for hydroxylation is 1. The number of rotatable bonds is 3. The quantitative estimate of drug-likeness (QED) is 0.786. The number of thiophene rings is 1.